The third-order valence-corrected chi connectivity index (χ3v) is 16.5. The molecule has 0 atom stereocenters. The maximum Gasteiger partial charge on any atom is 0.238 e. The molecule has 0 aliphatic carbocycles. The first kappa shape index (κ1) is 54.3. The van der Waals surface area contributed by atoms with E-state index in [9.17, 15) is 0 Å². The van der Waals surface area contributed by atoms with E-state index in [4.69, 9.17) is 15.0 Å². The zero-order valence-electron chi connectivity index (χ0n) is 50.0. The first-order valence-corrected chi connectivity index (χ1v) is 29.6. The van der Waals surface area contributed by atoms with Gasteiger partial charge in [-0.05, 0) is 145 Å². The number of hydrogen-bond acceptors (Lipinski definition) is 5. The van der Waals surface area contributed by atoms with Crippen LogP contribution in [0.5, 0.6) is 0 Å². The number of hydrogen-bond donors (Lipinski definition) is 0. The first-order valence-electron chi connectivity index (χ1n) is 29.6. The van der Waals surface area contributed by atoms with Crippen LogP contribution in [0.25, 0.3) is 83.6 Å². The summed E-state index contributed by atoms with van der Waals surface area (Å²) in [6.07, 6.45) is 0. The van der Waals surface area contributed by atoms with Gasteiger partial charge < -0.3 is 9.80 Å². The monoisotopic (exact) mass is 1100 g/mol. The van der Waals surface area contributed by atoms with Gasteiger partial charge in [-0.1, -0.05) is 238 Å². The van der Waals surface area contributed by atoms with Gasteiger partial charge in [0.25, 0.3) is 0 Å². The SMILES string of the molecule is CC(C)(C)c1ccc(N(c2ccc(-c3ccccc3)cc2)c2cc(C(C)(C)C)cc(N(c3ccc(-c4nc(-c5cccc6ccccc56)nc(-n5c6ccccc6c6ccccc65)n4)cc3)c3ccc(C(C)(C)C)cc3)c2-c2ccccc2)cc1. The molecule has 2 aromatic heterocycles. The van der Waals surface area contributed by atoms with Crippen molar-refractivity contribution in [2.75, 3.05) is 9.80 Å². The van der Waals surface area contributed by atoms with Crippen LogP contribution in [0.3, 0.4) is 0 Å². The van der Waals surface area contributed by atoms with Crippen molar-refractivity contribution in [2.45, 2.75) is 78.6 Å². The van der Waals surface area contributed by atoms with Crippen molar-refractivity contribution in [1.82, 2.24) is 19.5 Å². The molecule has 11 aromatic carbocycles. The summed E-state index contributed by atoms with van der Waals surface area (Å²) in [6.45, 7) is 20.6. The van der Waals surface area contributed by atoms with Gasteiger partial charge in [0.1, 0.15) is 0 Å². The van der Waals surface area contributed by atoms with Gasteiger partial charge in [0.15, 0.2) is 11.6 Å². The Kier molecular flexibility index (Phi) is 13.9. The topological polar surface area (TPSA) is 50.1 Å². The van der Waals surface area contributed by atoms with Crippen LogP contribution in [0.2, 0.25) is 0 Å². The number of anilines is 6. The molecule has 0 saturated carbocycles. The quantitative estimate of drug-likeness (QED) is 0.129. The maximum absolute atomic E-state index is 5.42. The van der Waals surface area contributed by atoms with Crippen LogP contribution in [0.4, 0.5) is 34.1 Å². The van der Waals surface area contributed by atoms with E-state index in [1.54, 1.807) is 0 Å². The highest BCUT2D eigenvalue weighted by Crippen LogP contribution is 2.52. The predicted octanol–water partition coefficient (Wildman–Crippen LogP) is 21.6. The minimum Gasteiger partial charge on any atom is -0.310 e. The fourth-order valence-corrected chi connectivity index (χ4v) is 11.8. The van der Waals surface area contributed by atoms with E-state index in [1.165, 1.54) is 22.3 Å². The molecule has 0 radical (unpaired) electrons. The predicted molar refractivity (Wildman–Crippen MR) is 359 cm³/mol. The number of nitrogens with zero attached hydrogens (tertiary/aromatic N) is 6. The van der Waals surface area contributed by atoms with Gasteiger partial charge in [-0.25, -0.2) is 4.98 Å². The first-order chi connectivity index (χ1) is 41.0. The number of aromatic nitrogens is 4. The molecule has 13 rings (SSSR count). The molecule has 6 nitrogen and oxygen atoms in total. The van der Waals surface area contributed by atoms with E-state index in [-0.39, 0.29) is 16.2 Å². The van der Waals surface area contributed by atoms with Crippen molar-refractivity contribution in [1.29, 1.82) is 0 Å². The Morgan fingerprint density at radius 3 is 1.19 bits per heavy atom. The highest BCUT2D eigenvalue weighted by molar-refractivity contribution is 6.09. The van der Waals surface area contributed by atoms with E-state index in [2.05, 4.69) is 338 Å². The molecule has 0 bridgehead atoms. The summed E-state index contributed by atoms with van der Waals surface area (Å²) in [5.74, 6) is 1.74. The van der Waals surface area contributed by atoms with E-state index >= 15 is 0 Å². The normalized spacial score (nSPS) is 12.1. The Morgan fingerprint density at radius 1 is 0.306 bits per heavy atom. The molecule has 0 amide bonds. The van der Waals surface area contributed by atoms with Crippen molar-refractivity contribution in [2.24, 2.45) is 0 Å². The molecular weight excluding hydrogens is 1030 g/mol. The van der Waals surface area contributed by atoms with Crippen molar-refractivity contribution in [3.05, 3.63) is 278 Å². The Bertz CT molecular complexity index is 4480. The molecule has 0 saturated heterocycles. The van der Waals surface area contributed by atoms with Gasteiger partial charge >= 0.3 is 0 Å². The summed E-state index contributed by atoms with van der Waals surface area (Å²) < 4.78 is 2.19. The number of para-hydroxylation sites is 2. The van der Waals surface area contributed by atoms with Gasteiger partial charge in [0.2, 0.25) is 5.95 Å². The highest BCUT2D eigenvalue weighted by atomic mass is 15.2. The lowest BCUT2D eigenvalue weighted by Crippen LogP contribution is -2.20. The van der Waals surface area contributed by atoms with Crippen LogP contribution >= 0.6 is 0 Å². The molecule has 85 heavy (non-hydrogen) atoms. The minimum absolute atomic E-state index is 0.0228. The molecule has 0 spiro atoms. The third-order valence-electron chi connectivity index (χ3n) is 16.5. The Morgan fingerprint density at radius 2 is 0.694 bits per heavy atom. The summed E-state index contributed by atoms with van der Waals surface area (Å²) in [7, 11) is 0. The second-order valence-electron chi connectivity index (χ2n) is 25.4. The molecule has 0 aliphatic heterocycles. The average molecular weight is 1100 g/mol. The van der Waals surface area contributed by atoms with E-state index in [1.807, 2.05) is 0 Å². The molecule has 0 fully saturated rings. The molecule has 0 unspecified atom stereocenters. The van der Waals surface area contributed by atoms with Crippen LogP contribution < -0.4 is 9.80 Å². The Labute approximate surface area is 500 Å². The van der Waals surface area contributed by atoms with Crippen LogP contribution in [-0.4, -0.2) is 19.5 Å². The lowest BCUT2D eigenvalue weighted by Gasteiger charge is -2.36. The molecule has 13 aromatic rings. The van der Waals surface area contributed by atoms with Crippen molar-refractivity contribution >= 4 is 66.7 Å². The average Bonchev–Trinajstić information content (AvgIpc) is 2.24. The molecular formula is C79H70N6. The minimum atomic E-state index is -0.252. The van der Waals surface area contributed by atoms with Crippen LogP contribution in [0.15, 0.2) is 261 Å². The molecule has 6 heteroatoms. The smallest absolute Gasteiger partial charge is 0.238 e. The summed E-state index contributed by atoms with van der Waals surface area (Å²) in [4.78, 5) is 21.1. The fraction of sp³-hybridized carbons (Fsp3) is 0.152. The number of fused-ring (bicyclic) bond motifs is 4. The molecule has 0 N–H and O–H groups in total. The van der Waals surface area contributed by atoms with Gasteiger partial charge in [-0.3, -0.25) is 4.57 Å². The van der Waals surface area contributed by atoms with Gasteiger partial charge in [-0.15, -0.1) is 0 Å². The Hall–Kier alpha value is -9.91. The highest BCUT2D eigenvalue weighted by Gasteiger charge is 2.30. The fourth-order valence-electron chi connectivity index (χ4n) is 11.8. The zero-order chi connectivity index (χ0) is 58.6. The summed E-state index contributed by atoms with van der Waals surface area (Å²) in [6, 6.07) is 94.5. The molecule has 0 aliphatic rings. The van der Waals surface area contributed by atoms with E-state index < -0.39 is 0 Å². The van der Waals surface area contributed by atoms with Crippen LogP contribution in [0.1, 0.15) is 79.0 Å². The van der Waals surface area contributed by atoms with Gasteiger partial charge in [0, 0.05) is 50.2 Å². The number of benzene rings is 11. The second kappa shape index (κ2) is 21.7. The van der Waals surface area contributed by atoms with Crippen molar-refractivity contribution in [3.8, 4) is 51.0 Å². The summed E-state index contributed by atoms with van der Waals surface area (Å²) in [5.41, 5.74) is 18.1. The van der Waals surface area contributed by atoms with E-state index in [0.717, 1.165) is 94.5 Å². The zero-order valence-corrected chi connectivity index (χ0v) is 50.0. The van der Waals surface area contributed by atoms with Gasteiger partial charge in [0.05, 0.1) is 22.4 Å². The summed E-state index contributed by atoms with van der Waals surface area (Å²) in [5, 5.41) is 4.48. The standard InChI is InChI=1S/C79H70N6/c1-77(2,3)58-39-47-63(48-40-58)83(61-43-35-54(36-44-61)53-23-12-10-13-24-53)71-51-60(79(7,8)9)52-72(73(71)56-26-14-11-15-27-56)84(64-49-41-59(42-50-64)78(4,5)6)62-45-37-57(38-46-62)74-80-75(68-32-22-28-55-25-16-17-29-65(55)68)82-76(81-74)85-69-33-20-18-30-66(69)67-31-19-21-34-70(67)85/h10-52H,1-9H3. The van der Waals surface area contributed by atoms with Crippen LogP contribution in [-0.2, 0) is 16.2 Å². The van der Waals surface area contributed by atoms with E-state index in [0.29, 0.717) is 17.6 Å². The van der Waals surface area contributed by atoms with Crippen LogP contribution in [0, 0.1) is 0 Å². The largest absolute Gasteiger partial charge is 0.310 e. The van der Waals surface area contributed by atoms with Gasteiger partial charge in [-0.2, -0.15) is 9.97 Å². The van der Waals surface area contributed by atoms with Crippen molar-refractivity contribution < 1.29 is 0 Å². The summed E-state index contributed by atoms with van der Waals surface area (Å²) >= 11 is 0. The Balaban J connectivity index is 1.04. The maximum atomic E-state index is 5.42. The van der Waals surface area contributed by atoms with Crippen molar-refractivity contribution in [3.63, 3.8) is 0 Å². The lowest BCUT2D eigenvalue weighted by molar-refractivity contribution is 0.589. The third kappa shape index (κ3) is 10.5. The molecule has 2 heterocycles. The second-order valence-corrected chi connectivity index (χ2v) is 25.4. The molecule has 416 valence electrons. The lowest BCUT2D eigenvalue weighted by atomic mass is 9.83. The number of rotatable bonds is 11.